The van der Waals surface area contributed by atoms with Crippen LogP contribution in [0.4, 0.5) is 18.0 Å². The van der Waals surface area contributed by atoms with Crippen molar-refractivity contribution in [3.05, 3.63) is 0 Å². The number of nitrogens with one attached hydrogen (secondary N) is 1. The maximum absolute atomic E-state index is 12.6. The number of carbonyl (C=O) groups is 1. The zero-order valence-electron chi connectivity index (χ0n) is 11.1. The Morgan fingerprint density at radius 3 is 2.55 bits per heavy atom. The van der Waals surface area contributed by atoms with Gasteiger partial charge < -0.3 is 15.3 Å². The molecule has 4 nitrogen and oxygen atoms in total. The van der Waals surface area contributed by atoms with Crippen molar-refractivity contribution in [2.45, 2.75) is 42.7 Å². The van der Waals surface area contributed by atoms with Gasteiger partial charge in [0.05, 0.1) is 0 Å². The SMILES string of the molecule is O=C(NCC1CCCS1)N1CCC(O)(C(F)(F)F)CC1. The molecule has 2 aliphatic heterocycles. The standard InChI is InChI=1S/C12H19F3N2O2S/c13-12(14,15)11(19)3-5-17(6-4-11)10(18)16-8-9-2-1-7-20-9/h9,19H,1-8H2,(H,16,18). The lowest BCUT2D eigenvalue weighted by atomic mass is 9.91. The summed E-state index contributed by atoms with van der Waals surface area (Å²) in [5.41, 5.74) is -2.65. The summed E-state index contributed by atoms with van der Waals surface area (Å²) in [6.45, 7) is 0.419. The van der Waals surface area contributed by atoms with Crippen LogP contribution in [0, 0.1) is 0 Å². The third-order valence-corrected chi connectivity index (χ3v) is 5.31. The Kier molecular flexibility index (Phi) is 4.73. The van der Waals surface area contributed by atoms with Gasteiger partial charge in [0, 0.05) is 37.7 Å². The number of halogens is 3. The van der Waals surface area contributed by atoms with Crippen LogP contribution in [-0.2, 0) is 0 Å². The summed E-state index contributed by atoms with van der Waals surface area (Å²) in [4.78, 5) is 13.2. The number of rotatable bonds is 2. The maximum atomic E-state index is 12.6. The van der Waals surface area contributed by atoms with E-state index in [1.807, 2.05) is 11.8 Å². The fourth-order valence-electron chi connectivity index (χ4n) is 2.48. The first-order chi connectivity index (χ1) is 9.32. The highest BCUT2D eigenvalue weighted by atomic mass is 32.2. The normalized spacial score (nSPS) is 26.6. The van der Waals surface area contributed by atoms with Crippen LogP contribution >= 0.6 is 11.8 Å². The highest BCUT2D eigenvalue weighted by Crippen LogP contribution is 2.38. The van der Waals surface area contributed by atoms with Gasteiger partial charge in [0.15, 0.2) is 5.60 Å². The first-order valence-corrected chi connectivity index (χ1v) is 7.80. The van der Waals surface area contributed by atoms with E-state index in [1.165, 1.54) is 4.90 Å². The van der Waals surface area contributed by atoms with Gasteiger partial charge in [0.25, 0.3) is 0 Å². The quantitative estimate of drug-likeness (QED) is 0.820. The Morgan fingerprint density at radius 1 is 1.40 bits per heavy atom. The van der Waals surface area contributed by atoms with Gasteiger partial charge in [-0.3, -0.25) is 0 Å². The fourth-order valence-corrected chi connectivity index (χ4v) is 3.68. The van der Waals surface area contributed by atoms with Crippen molar-refractivity contribution in [2.75, 3.05) is 25.4 Å². The van der Waals surface area contributed by atoms with Gasteiger partial charge in [0.1, 0.15) is 0 Å². The molecule has 0 aromatic heterocycles. The smallest absolute Gasteiger partial charge is 0.380 e. The van der Waals surface area contributed by atoms with Crippen molar-refractivity contribution in [1.82, 2.24) is 10.2 Å². The van der Waals surface area contributed by atoms with Crippen molar-refractivity contribution in [3.63, 3.8) is 0 Å². The Morgan fingerprint density at radius 2 is 2.05 bits per heavy atom. The van der Waals surface area contributed by atoms with Gasteiger partial charge in [-0.1, -0.05) is 0 Å². The van der Waals surface area contributed by atoms with Crippen molar-refractivity contribution in [3.8, 4) is 0 Å². The summed E-state index contributed by atoms with van der Waals surface area (Å²) in [7, 11) is 0. The Balaban J connectivity index is 1.76. The molecule has 0 spiro atoms. The molecule has 2 amide bonds. The van der Waals surface area contributed by atoms with E-state index in [9.17, 15) is 23.1 Å². The number of aliphatic hydroxyl groups is 1. The molecule has 0 aromatic rings. The van der Waals surface area contributed by atoms with Gasteiger partial charge in [-0.2, -0.15) is 24.9 Å². The monoisotopic (exact) mass is 312 g/mol. The van der Waals surface area contributed by atoms with Crippen LogP contribution in [0.1, 0.15) is 25.7 Å². The molecule has 8 heteroatoms. The second-order valence-corrected chi connectivity index (χ2v) is 6.75. The molecule has 2 fully saturated rings. The summed E-state index contributed by atoms with van der Waals surface area (Å²) in [6, 6.07) is -0.332. The minimum Gasteiger partial charge on any atom is -0.380 e. The molecule has 2 rings (SSSR count). The Labute approximate surface area is 120 Å². The molecule has 1 atom stereocenters. The molecule has 1 unspecified atom stereocenters. The van der Waals surface area contributed by atoms with Crippen LogP contribution in [0.2, 0.25) is 0 Å². The summed E-state index contributed by atoms with van der Waals surface area (Å²) in [5.74, 6) is 1.10. The number of amides is 2. The highest BCUT2D eigenvalue weighted by Gasteiger charge is 2.54. The number of urea groups is 1. The number of nitrogens with zero attached hydrogens (tertiary/aromatic N) is 1. The van der Waals surface area contributed by atoms with Gasteiger partial charge in [0.2, 0.25) is 0 Å². The number of alkyl halides is 3. The maximum Gasteiger partial charge on any atom is 0.417 e. The summed E-state index contributed by atoms with van der Waals surface area (Å²) >= 11 is 1.81. The molecule has 2 N–H and O–H groups in total. The molecule has 0 radical (unpaired) electrons. The van der Waals surface area contributed by atoms with Gasteiger partial charge in [-0.05, 0) is 18.6 Å². The third-order valence-electron chi connectivity index (χ3n) is 3.91. The lowest BCUT2D eigenvalue weighted by molar-refractivity contribution is -0.271. The average molecular weight is 312 g/mol. The van der Waals surface area contributed by atoms with Crippen molar-refractivity contribution < 1.29 is 23.1 Å². The largest absolute Gasteiger partial charge is 0.417 e. The van der Waals surface area contributed by atoms with Gasteiger partial charge in [-0.15, -0.1) is 0 Å². The lowest BCUT2D eigenvalue weighted by Gasteiger charge is -2.39. The van der Waals surface area contributed by atoms with Crippen molar-refractivity contribution in [1.29, 1.82) is 0 Å². The van der Waals surface area contributed by atoms with Crippen LogP contribution in [0.3, 0.4) is 0 Å². The van der Waals surface area contributed by atoms with E-state index >= 15 is 0 Å². The number of piperidine rings is 1. The third kappa shape index (κ3) is 3.52. The molecule has 116 valence electrons. The molecule has 0 saturated carbocycles. The van der Waals surface area contributed by atoms with Gasteiger partial charge in [-0.25, -0.2) is 4.79 Å². The lowest BCUT2D eigenvalue weighted by Crippen LogP contribution is -2.56. The topological polar surface area (TPSA) is 52.6 Å². The Hall–Kier alpha value is -0.630. The van der Waals surface area contributed by atoms with Crippen molar-refractivity contribution >= 4 is 17.8 Å². The molecule has 0 bridgehead atoms. The summed E-state index contributed by atoms with van der Waals surface area (Å²) < 4.78 is 37.9. The Bertz CT molecular complexity index is 351. The minimum atomic E-state index is -4.63. The van der Waals surface area contributed by atoms with E-state index in [0.29, 0.717) is 11.8 Å². The second-order valence-electron chi connectivity index (χ2n) is 5.34. The van der Waals surface area contributed by atoms with E-state index < -0.39 is 24.6 Å². The predicted octanol–water partition coefficient (Wildman–Crippen LogP) is 1.98. The average Bonchev–Trinajstić information content (AvgIpc) is 2.88. The second kappa shape index (κ2) is 6.01. The molecular formula is C12H19F3N2O2S. The fraction of sp³-hybridized carbons (Fsp3) is 0.917. The highest BCUT2D eigenvalue weighted by molar-refractivity contribution is 8.00. The first kappa shape index (κ1) is 15.8. The molecule has 2 aliphatic rings. The van der Waals surface area contributed by atoms with E-state index in [4.69, 9.17) is 0 Å². The number of carbonyl (C=O) groups excluding carboxylic acids is 1. The number of hydrogen-bond donors (Lipinski definition) is 2. The van der Waals surface area contributed by atoms with E-state index in [0.717, 1.165) is 18.6 Å². The van der Waals surface area contributed by atoms with E-state index in [-0.39, 0.29) is 19.1 Å². The van der Waals surface area contributed by atoms with Crippen molar-refractivity contribution in [2.24, 2.45) is 0 Å². The zero-order valence-corrected chi connectivity index (χ0v) is 11.9. The summed E-state index contributed by atoms with van der Waals surface area (Å²) in [6.07, 6.45) is -3.33. The molecular weight excluding hydrogens is 293 g/mol. The molecule has 2 heterocycles. The number of thioether (sulfide) groups is 1. The molecule has 0 aromatic carbocycles. The zero-order chi connectivity index (χ0) is 14.8. The number of likely N-dealkylation sites (tertiary alicyclic amines) is 1. The predicted molar refractivity (Wildman–Crippen MR) is 70.7 cm³/mol. The van der Waals surface area contributed by atoms with Gasteiger partial charge >= 0.3 is 12.2 Å². The van der Waals surface area contributed by atoms with E-state index in [2.05, 4.69) is 5.32 Å². The molecule has 2 saturated heterocycles. The van der Waals surface area contributed by atoms with Crippen LogP contribution in [-0.4, -0.2) is 58.5 Å². The summed E-state index contributed by atoms with van der Waals surface area (Å²) in [5, 5.41) is 12.7. The van der Waals surface area contributed by atoms with Crippen LogP contribution in [0.5, 0.6) is 0 Å². The molecule has 0 aliphatic carbocycles. The first-order valence-electron chi connectivity index (χ1n) is 6.75. The van der Waals surface area contributed by atoms with E-state index in [1.54, 1.807) is 0 Å². The molecule has 20 heavy (non-hydrogen) atoms. The van der Waals surface area contributed by atoms with Crippen LogP contribution in [0.15, 0.2) is 0 Å². The number of hydrogen-bond acceptors (Lipinski definition) is 3. The van der Waals surface area contributed by atoms with Crippen LogP contribution < -0.4 is 5.32 Å². The van der Waals surface area contributed by atoms with Crippen LogP contribution in [0.25, 0.3) is 0 Å². The minimum absolute atomic E-state index is 0.0698.